The molecule has 0 spiro atoms. The maximum atomic E-state index is 12.9. The van der Waals surface area contributed by atoms with Crippen LogP contribution in [0.2, 0.25) is 0 Å². The van der Waals surface area contributed by atoms with Crippen molar-refractivity contribution in [2.45, 2.75) is 19.4 Å². The van der Waals surface area contributed by atoms with Crippen LogP contribution in [0.1, 0.15) is 30.5 Å². The number of methoxy groups -OCH3 is 1. The highest BCUT2D eigenvalue weighted by molar-refractivity contribution is 6.46. The molecule has 6 nitrogen and oxygen atoms in total. The molecule has 2 aromatic rings. The molecule has 1 atom stereocenters. The van der Waals surface area contributed by atoms with E-state index < -0.39 is 17.7 Å². The van der Waals surface area contributed by atoms with Crippen molar-refractivity contribution in [3.05, 3.63) is 71.3 Å². The molecule has 3 rings (SSSR count). The summed E-state index contributed by atoms with van der Waals surface area (Å²) in [5.74, 6) is -0.949. The number of carbonyl (C=O) groups excluding carboxylic acids is 2. The Hall–Kier alpha value is -3.12. The summed E-state index contributed by atoms with van der Waals surface area (Å²) in [5.41, 5.74) is 1.29. The summed E-state index contributed by atoms with van der Waals surface area (Å²) in [5, 5.41) is 11.0. The third-order valence-corrected chi connectivity index (χ3v) is 4.89. The molecular weight excluding hydrogens is 370 g/mol. The van der Waals surface area contributed by atoms with Crippen molar-refractivity contribution in [2.24, 2.45) is 0 Å². The zero-order chi connectivity index (χ0) is 20.8. The van der Waals surface area contributed by atoms with E-state index in [1.54, 1.807) is 24.3 Å². The second-order valence-corrected chi connectivity index (χ2v) is 6.69. The third-order valence-electron chi connectivity index (χ3n) is 4.89. The normalized spacial score (nSPS) is 18.3. The molecule has 1 N–H and O–H groups in total. The predicted molar refractivity (Wildman–Crippen MR) is 110 cm³/mol. The monoisotopic (exact) mass is 395 g/mol. The van der Waals surface area contributed by atoms with Gasteiger partial charge in [0.05, 0.1) is 18.7 Å². The number of Topliss-reactive ketones (excluding diaryl/α,β-unsaturated/α-hetero) is 1. The average molecular weight is 395 g/mol. The largest absolute Gasteiger partial charge is 0.507 e. The highest BCUT2D eigenvalue weighted by atomic mass is 16.5. The zero-order valence-corrected chi connectivity index (χ0v) is 16.6. The van der Waals surface area contributed by atoms with Crippen molar-refractivity contribution >= 4 is 17.4 Å². The first-order valence-electron chi connectivity index (χ1n) is 9.64. The lowest BCUT2D eigenvalue weighted by Gasteiger charge is -2.25. The van der Waals surface area contributed by atoms with Gasteiger partial charge in [-0.15, -0.1) is 0 Å². The van der Waals surface area contributed by atoms with E-state index in [1.807, 2.05) is 37.3 Å². The van der Waals surface area contributed by atoms with E-state index in [0.717, 1.165) is 5.56 Å². The molecule has 1 unspecified atom stereocenters. The van der Waals surface area contributed by atoms with Crippen LogP contribution in [0, 0.1) is 0 Å². The van der Waals surface area contributed by atoms with Crippen molar-refractivity contribution < 1.29 is 24.2 Å². The van der Waals surface area contributed by atoms with E-state index in [0.29, 0.717) is 37.5 Å². The Balaban J connectivity index is 2.05. The molecular formula is C23H25NO5. The molecule has 1 amide bonds. The molecule has 1 heterocycles. The van der Waals surface area contributed by atoms with Crippen molar-refractivity contribution in [3.63, 3.8) is 0 Å². The van der Waals surface area contributed by atoms with Crippen molar-refractivity contribution in [2.75, 3.05) is 26.9 Å². The van der Waals surface area contributed by atoms with Gasteiger partial charge in [-0.05, 0) is 31.0 Å². The Bertz CT molecular complexity index is 906. The fraction of sp³-hybridized carbons (Fsp3) is 0.304. The van der Waals surface area contributed by atoms with E-state index in [-0.39, 0.29) is 11.3 Å². The lowest BCUT2D eigenvalue weighted by atomic mass is 9.95. The number of carbonyl (C=O) groups is 2. The van der Waals surface area contributed by atoms with Gasteiger partial charge in [-0.2, -0.15) is 0 Å². The summed E-state index contributed by atoms with van der Waals surface area (Å²) < 4.78 is 10.6. The number of likely N-dealkylation sites (tertiary alicyclic amines) is 1. The molecule has 1 aliphatic rings. The number of nitrogens with zero attached hydrogens (tertiary/aromatic N) is 1. The summed E-state index contributed by atoms with van der Waals surface area (Å²) in [6.45, 7) is 3.36. The van der Waals surface area contributed by atoms with Gasteiger partial charge in [-0.1, -0.05) is 42.5 Å². The molecule has 152 valence electrons. The summed E-state index contributed by atoms with van der Waals surface area (Å²) in [6.07, 6.45) is 0.601. The van der Waals surface area contributed by atoms with Gasteiger partial charge < -0.3 is 19.5 Å². The lowest BCUT2D eigenvalue weighted by molar-refractivity contribution is -0.140. The number of benzene rings is 2. The van der Waals surface area contributed by atoms with Crippen molar-refractivity contribution in [1.29, 1.82) is 0 Å². The minimum Gasteiger partial charge on any atom is -0.507 e. The van der Waals surface area contributed by atoms with Gasteiger partial charge in [0, 0.05) is 25.3 Å². The minimum atomic E-state index is -0.685. The van der Waals surface area contributed by atoms with Crippen LogP contribution >= 0.6 is 0 Å². The number of aliphatic hydroxyl groups excluding tert-OH is 1. The van der Waals surface area contributed by atoms with E-state index >= 15 is 0 Å². The molecule has 1 saturated heterocycles. The molecule has 0 bridgehead atoms. The van der Waals surface area contributed by atoms with Crippen LogP contribution in [-0.4, -0.2) is 48.6 Å². The number of hydrogen-bond acceptors (Lipinski definition) is 5. The Labute approximate surface area is 170 Å². The van der Waals surface area contributed by atoms with Gasteiger partial charge in [-0.3, -0.25) is 9.59 Å². The fourth-order valence-electron chi connectivity index (χ4n) is 3.50. The van der Waals surface area contributed by atoms with Crippen LogP contribution in [-0.2, 0) is 14.3 Å². The van der Waals surface area contributed by atoms with E-state index in [1.165, 1.54) is 12.0 Å². The molecule has 0 radical (unpaired) electrons. The second-order valence-electron chi connectivity index (χ2n) is 6.69. The topological polar surface area (TPSA) is 76.1 Å². The molecule has 0 aliphatic carbocycles. The third kappa shape index (κ3) is 4.32. The van der Waals surface area contributed by atoms with Gasteiger partial charge in [0.25, 0.3) is 11.7 Å². The lowest BCUT2D eigenvalue weighted by Crippen LogP contribution is -2.31. The summed E-state index contributed by atoms with van der Waals surface area (Å²) in [6, 6.07) is 15.4. The Morgan fingerprint density at radius 2 is 1.86 bits per heavy atom. The molecule has 2 aromatic carbocycles. The molecule has 1 fully saturated rings. The van der Waals surface area contributed by atoms with Gasteiger partial charge in [0.2, 0.25) is 0 Å². The van der Waals surface area contributed by atoms with Crippen molar-refractivity contribution in [3.8, 4) is 5.75 Å². The maximum Gasteiger partial charge on any atom is 0.295 e. The molecule has 1 aliphatic heterocycles. The van der Waals surface area contributed by atoms with Gasteiger partial charge in [0.1, 0.15) is 11.5 Å². The molecule has 29 heavy (non-hydrogen) atoms. The Morgan fingerprint density at radius 1 is 1.10 bits per heavy atom. The van der Waals surface area contributed by atoms with Crippen LogP contribution in [0.15, 0.2) is 60.2 Å². The average Bonchev–Trinajstić information content (AvgIpc) is 3.01. The zero-order valence-electron chi connectivity index (χ0n) is 16.6. The van der Waals surface area contributed by atoms with Crippen LogP contribution in [0.25, 0.3) is 5.76 Å². The second kappa shape index (κ2) is 9.39. The van der Waals surface area contributed by atoms with Gasteiger partial charge in [0.15, 0.2) is 0 Å². The summed E-state index contributed by atoms with van der Waals surface area (Å²) in [4.78, 5) is 27.2. The quantitative estimate of drug-likeness (QED) is 0.320. The maximum absolute atomic E-state index is 12.9. The minimum absolute atomic E-state index is 0.0888. The highest BCUT2D eigenvalue weighted by Gasteiger charge is 2.45. The summed E-state index contributed by atoms with van der Waals surface area (Å²) >= 11 is 0. The first-order chi connectivity index (χ1) is 14.1. The molecule has 0 aromatic heterocycles. The van der Waals surface area contributed by atoms with Crippen molar-refractivity contribution in [1.82, 2.24) is 4.90 Å². The van der Waals surface area contributed by atoms with Crippen LogP contribution < -0.4 is 4.74 Å². The number of rotatable bonds is 8. The number of hydrogen-bond donors (Lipinski definition) is 1. The van der Waals surface area contributed by atoms with E-state index in [4.69, 9.17) is 9.47 Å². The van der Waals surface area contributed by atoms with Crippen LogP contribution in [0.3, 0.4) is 0 Å². The SMILES string of the molecule is CCOCCCN1C(=O)C(=O)C(=C(O)c2cccc(OC)c2)C1c1ccccc1. The summed E-state index contributed by atoms with van der Waals surface area (Å²) in [7, 11) is 1.53. The highest BCUT2D eigenvalue weighted by Crippen LogP contribution is 2.39. The standard InChI is InChI=1S/C23H25NO5/c1-3-29-14-8-13-24-20(16-9-5-4-6-10-16)19(22(26)23(24)27)21(25)17-11-7-12-18(15-17)28-2/h4-7,9-12,15,20,25H,3,8,13-14H2,1-2H3. The van der Waals surface area contributed by atoms with E-state index in [9.17, 15) is 14.7 Å². The number of amides is 1. The van der Waals surface area contributed by atoms with Gasteiger partial charge >= 0.3 is 0 Å². The first kappa shape index (κ1) is 20.6. The predicted octanol–water partition coefficient (Wildman–Crippen LogP) is 3.54. The fourth-order valence-corrected chi connectivity index (χ4v) is 3.50. The van der Waals surface area contributed by atoms with Crippen LogP contribution in [0.4, 0.5) is 0 Å². The Morgan fingerprint density at radius 3 is 2.55 bits per heavy atom. The number of aliphatic hydroxyl groups is 1. The van der Waals surface area contributed by atoms with E-state index in [2.05, 4.69) is 0 Å². The smallest absolute Gasteiger partial charge is 0.295 e. The molecule has 6 heteroatoms. The molecule has 0 saturated carbocycles. The number of ether oxygens (including phenoxy) is 2. The Kier molecular flexibility index (Phi) is 6.67. The van der Waals surface area contributed by atoms with Crippen LogP contribution in [0.5, 0.6) is 5.75 Å². The number of ketones is 1. The van der Waals surface area contributed by atoms with Gasteiger partial charge in [-0.25, -0.2) is 0 Å². The first-order valence-corrected chi connectivity index (χ1v) is 9.64.